The van der Waals surface area contributed by atoms with Crippen molar-refractivity contribution in [3.8, 4) is 5.75 Å². The van der Waals surface area contributed by atoms with Crippen LogP contribution in [0, 0.1) is 6.92 Å². The van der Waals surface area contributed by atoms with Crippen LogP contribution in [-0.2, 0) is 0 Å². The lowest BCUT2D eigenvalue weighted by atomic mass is 9.95. The second-order valence-corrected chi connectivity index (χ2v) is 6.57. The highest BCUT2D eigenvalue weighted by Gasteiger charge is 2.26. The average molecular weight is 321 g/mol. The van der Waals surface area contributed by atoms with E-state index in [-0.39, 0.29) is 11.5 Å². The summed E-state index contributed by atoms with van der Waals surface area (Å²) < 4.78 is 6.12. The molecule has 124 valence electrons. The summed E-state index contributed by atoms with van der Waals surface area (Å²) in [6.07, 6.45) is 6.23. The van der Waals surface area contributed by atoms with Crippen LogP contribution < -0.4 is 10.1 Å². The summed E-state index contributed by atoms with van der Waals surface area (Å²) in [5.41, 5.74) is 3.31. The highest BCUT2D eigenvalue weighted by molar-refractivity contribution is 6.04. The van der Waals surface area contributed by atoms with E-state index in [1.807, 2.05) is 49.4 Å². The summed E-state index contributed by atoms with van der Waals surface area (Å²) in [7, 11) is 0. The Kier molecular flexibility index (Phi) is 4.43. The molecule has 0 saturated heterocycles. The van der Waals surface area contributed by atoms with Crippen molar-refractivity contribution in [3.63, 3.8) is 0 Å². The lowest BCUT2D eigenvalue weighted by molar-refractivity contribution is 0.102. The molecule has 1 aliphatic rings. The minimum absolute atomic E-state index is 0.105. The molecule has 0 saturated carbocycles. The smallest absolute Gasteiger partial charge is 0.255 e. The van der Waals surface area contributed by atoms with Crippen molar-refractivity contribution in [1.82, 2.24) is 0 Å². The van der Waals surface area contributed by atoms with Gasteiger partial charge in [-0.3, -0.25) is 4.79 Å². The van der Waals surface area contributed by atoms with Crippen LogP contribution >= 0.6 is 0 Å². The van der Waals surface area contributed by atoms with Crippen LogP contribution in [0.25, 0.3) is 6.08 Å². The van der Waals surface area contributed by atoms with Crippen molar-refractivity contribution >= 4 is 17.7 Å². The lowest BCUT2D eigenvalue weighted by Gasteiger charge is -2.31. The number of anilines is 1. The summed E-state index contributed by atoms with van der Waals surface area (Å²) in [6.45, 7) is 6.26. The molecule has 1 heterocycles. The van der Waals surface area contributed by atoms with Gasteiger partial charge >= 0.3 is 0 Å². The lowest BCUT2D eigenvalue weighted by Crippen LogP contribution is -2.31. The molecule has 1 unspecified atom stereocenters. The van der Waals surface area contributed by atoms with Crippen LogP contribution in [0.2, 0.25) is 0 Å². The molecule has 24 heavy (non-hydrogen) atoms. The van der Waals surface area contributed by atoms with Crippen molar-refractivity contribution in [2.75, 3.05) is 5.32 Å². The van der Waals surface area contributed by atoms with Gasteiger partial charge in [-0.2, -0.15) is 0 Å². The Balaban J connectivity index is 1.76. The van der Waals surface area contributed by atoms with Crippen molar-refractivity contribution in [3.05, 3.63) is 65.2 Å². The van der Waals surface area contributed by atoms with E-state index >= 15 is 0 Å². The topological polar surface area (TPSA) is 38.3 Å². The summed E-state index contributed by atoms with van der Waals surface area (Å²) in [5.74, 6) is 0.758. The molecule has 0 aromatic heterocycles. The number of benzene rings is 2. The first kappa shape index (κ1) is 16.3. The molecule has 1 amide bonds. The number of fused-ring (bicyclic) bond motifs is 1. The van der Waals surface area contributed by atoms with Crippen LogP contribution in [0.4, 0.5) is 5.69 Å². The molecule has 1 aliphatic heterocycles. The first-order valence-electron chi connectivity index (χ1n) is 8.39. The van der Waals surface area contributed by atoms with E-state index in [1.54, 1.807) is 0 Å². The van der Waals surface area contributed by atoms with Gasteiger partial charge in [-0.1, -0.05) is 37.1 Å². The molecule has 1 atom stereocenters. The number of rotatable bonds is 4. The van der Waals surface area contributed by atoms with Gasteiger partial charge in [-0.25, -0.2) is 0 Å². The highest BCUT2D eigenvalue weighted by Crippen LogP contribution is 2.34. The fourth-order valence-corrected chi connectivity index (χ4v) is 2.94. The van der Waals surface area contributed by atoms with Gasteiger partial charge in [0.05, 0.1) is 0 Å². The number of hydrogen-bond donors (Lipinski definition) is 1. The number of amides is 1. The predicted octanol–water partition coefficient (Wildman–Crippen LogP) is 5.21. The monoisotopic (exact) mass is 321 g/mol. The zero-order valence-electron chi connectivity index (χ0n) is 14.4. The molecule has 0 aliphatic carbocycles. The van der Waals surface area contributed by atoms with Crippen molar-refractivity contribution in [2.45, 2.75) is 39.2 Å². The molecule has 2 aromatic carbocycles. The summed E-state index contributed by atoms with van der Waals surface area (Å²) in [5, 5.41) is 2.95. The third kappa shape index (κ3) is 3.51. The zero-order chi connectivity index (χ0) is 17.2. The van der Waals surface area contributed by atoms with Crippen LogP contribution in [-0.4, -0.2) is 11.5 Å². The minimum atomic E-state index is -0.242. The maximum absolute atomic E-state index is 12.3. The van der Waals surface area contributed by atoms with Gasteiger partial charge in [-0.05, 0) is 56.7 Å². The van der Waals surface area contributed by atoms with E-state index in [1.165, 1.54) is 0 Å². The van der Waals surface area contributed by atoms with E-state index in [2.05, 4.69) is 31.3 Å². The van der Waals surface area contributed by atoms with Crippen LogP contribution in [0.5, 0.6) is 5.75 Å². The van der Waals surface area contributed by atoms with Gasteiger partial charge in [0.2, 0.25) is 0 Å². The molecule has 3 nitrogen and oxygen atoms in total. The number of hydrogen-bond acceptors (Lipinski definition) is 2. The molecule has 0 spiro atoms. The van der Waals surface area contributed by atoms with Crippen LogP contribution in [0.1, 0.15) is 48.2 Å². The Morgan fingerprint density at radius 2 is 1.92 bits per heavy atom. The van der Waals surface area contributed by atoms with Gasteiger partial charge in [0, 0.05) is 16.8 Å². The molecule has 0 fully saturated rings. The van der Waals surface area contributed by atoms with Gasteiger partial charge in [0.25, 0.3) is 5.91 Å². The Morgan fingerprint density at radius 1 is 1.17 bits per heavy atom. The van der Waals surface area contributed by atoms with Gasteiger partial charge in [0.15, 0.2) is 0 Å². The largest absolute Gasteiger partial charge is 0.483 e. The molecule has 3 rings (SSSR count). The van der Waals surface area contributed by atoms with Crippen LogP contribution in [0.3, 0.4) is 0 Å². The summed E-state index contributed by atoms with van der Waals surface area (Å²) in [4.78, 5) is 12.3. The molecule has 3 heteroatoms. The maximum Gasteiger partial charge on any atom is 0.255 e. The fraction of sp³-hybridized carbons (Fsp3) is 0.286. The second-order valence-electron chi connectivity index (χ2n) is 6.57. The van der Waals surface area contributed by atoms with E-state index in [0.29, 0.717) is 5.56 Å². The van der Waals surface area contributed by atoms with Gasteiger partial charge in [0.1, 0.15) is 11.4 Å². The molecular weight excluding hydrogens is 298 g/mol. The quantitative estimate of drug-likeness (QED) is 0.839. The van der Waals surface area contributed by atoms with Crippen LogP contribution in [0.15, 0.2) is 48.5 Å². The average Bonchev–Trinajstić information content (AvgIpc) is 2.56. The predicted molar refractivity (Wildman–Crippen MR) is 98.5 cm³/mol. The SMILES string of the molecule is CCCC1(C)C=Cc2cc(NC(=O)c3ccc(C)cc3)ccc2O1. The normalized spacial score (nSPS) is 18.6. The second kappa shape index (κ2) is 6.52. The first-order valence-corrected chi connectivity index (χ1v) is 8.39. The van der Waals surface area contributed by atoms with Crippen molar-refractivity contribution < 1.29 is 9.53 Å². The van der Waals surface area contributed by atoms with Gasteiger partial charge in [-0.15, -0.1) is 0 Å². The Labute approximate surface area is 143 Å². The molecule has 0 bridgehead atoms. The fourth-order valence-electron chi connectivity index (χ4n) is 2.94. The summed E-state index contributed by atoms with van der Waals surface area (Å²) in [6, 6.07) is 13.3. The molecule has 0 radical (unpaired) electrons. The highest BCUT2D eigenvalue weighted by atomic mass is 16.5. The third-order valence-corrected chi connectivity index (χ3v) is 4.29. The van der Waals surface area contributed by atoms with Crippen molar-refractivity contribution in [1.29, 1.82) is 0 Å². The Morgan fingerprint density at radius 3 is 2.62 bits per heavy atom. The zero-order valence-corrected chi connectivity index (χ0v) is 14.4. The van der Waals surface area contributed by atoms with E-state index in [0.717, 1.165) is 35.4 Å². The minimum Gasteiger partial charge on any atom is -0.483 e. The number of carbonyl (C=O) groups is 1. The molecular formula is C21H23NO2. The number of aryl methyl sites for hydroxylation is 1. The first-order chi connectivity index (χ1) is 11.5. The van der Waals surface area contributed by atoms with Gasteiger partial charge < -0.3 is 10.1 Å². The number of carbonyl (C=O) groups excluding carboxylic acids is 1. The molecule has 2 aromatic rings. The van der Waals surface area contributed by atoms with E-state index in [9.17, 15) is 4.79 Å². The summed E-state index contributed by atoms with van der Waals surface area (Å²) >= 11 is 0. The number of nitrogens with one attached hydrogen (secondary N) is 1. The molecule has 1 N–H and O–H groups in total. The van der Waals surface area contributed by atoms with E-state index in [4.69, 9.17) is 4.74 Å². The maximum atomic E-state index is 12.3. The Hall–Kier alpha value is -2.55. The standard InChI is InChI=1S/C21H23NO2/c1-4-12-21(3)13-11-17-14-18(9-10-19(17)24-21)22-20(23)16-7-5-15(2)6-8-16/h5-11,13-14H,4,12H2,1-3H3,(H,22,23). The Bertz CT molecular complexity index is 777. The van der Waals surface area contributed by atoms with E-state index < -0.39 is 0 Å². The number of ether oxygens (including phenoxy) is 1. The third-order valence-electron chi connectivity index (χ3n) is 4.29. The van der Waals surface area contributed by atoms with Crippen molar-refractivity contribution in [2.24, 2.45) is 0 Å².